The number of carbonyl (C=O) groups excluding carboxylic acids is 1. The van der Waals surface area contributed by atoms with E-state index in [-0.39, 0.29) is 5.91 Å². The molecule has 136 valence electrons. The van der Waals surface area contributed by atoms with Gasteiger partial charge in [0.05, 0.1) is 13.0 Å². The number of piperidine rings is 1. The normalized spacial score (nSPS) is 18.3. The molecule has 2 aromatic rings. The number of hydrogen-bond donors (Lipinski definition) is 0. The molecule has 3 heterocycles. The average Bonchev–Trinajstić information content (AvgIpc) is 3.27. The Morgan fingerprint density at radius 2 is 2.32 bits per heavy atom. The van der Waals surface area contributed by atoms with E-state index in [9.17, 15) is 4.79 Å². The van der Waals surface area contributed by atoms with Gasteiger partial charge in [-0.25, -0.2) is 4.98 Å². The first kappa shape index (κ1) is 18.5. The van der Waals surface area contributed by atoms with Crippen LogP contribution in [0.25, 0.3) is 0 Å². The fourth-order valence-corrected chi connectivity index (χ4v) is 4.64. The van der Waals surface area contributed by atoms with Gasteiger partial charge in [0, 0.05) is 25.0 Å². The number of carbonyl (C=O) groups is 1. The molecule has 1 aliphatic rings. The van der Waals surface area contributed by atoms with Crippen molar-refractivity contribution in [3.05, 3.63) is 33.2 Å². The Labute approximate surface area is 157 Å². The molecule has 1 saturated heterocycles. The van der Waals surface area contributed by atoms with Gasteiger partial charge in [-0.15, -0.1) is 0 Å². The first-order valence-corrected chi connectivity index (χ1v) is 10.6. The van der Waals surface area contributed by atoms with E-state index >= 15 is 0 Å². The van der Waals surface area contributed by atoms with E-state index in [1.165, 1.54) is 11.5 Å². The van der Waals surface area contributed by atoms with Gasteiger partial charge in [0.25, 0.3) is 0 Å². The van der Waals surface area contributed by atoms with Crippen LogP contribution in [-0.4, -0.2) is 51.2 Å². The Kier molecular flexibility index (Phi) is 6.19. The highest BCUT2D eigenvalue weighted by Gasteiger charge is 2.27. The van der Waals surface area contributed by atoms with Crippen molar-refractivity contribution in [2.75, 3.05) is 20.1 Å². The molecule has 0 saturated carbocycles. The third kappa shape index (κ3) is 4.86. The van der Waals surface area contributed by atoms with Crippen LogP contribution < -0.4 is 0 Å². The lowest BCUT2D eigenvalue weighted by Gasteiger charge is -2.37. The molecule has 25 heavy (non-hydrogen) atoms. The van der Waals surface area contributed by atoms with Crippen molar-refractivity contribution in [1.29, 1.82) is 0 Å². The third-order valence-electron chi connectivity index (χ3n) is 4.69. The highest BCUT2D eigenvalue weighted by Crippen LogP contribution is 2.20. The summed E-state index contributed by atoms with van der Waals surface area (Å²) in [6, 6.07) is 2.43. The minimum absolute atomic E-state index is 0.245. The predicted molar refractivity (Wildman–Crippen MR) is 103 cm³/mol. The van der Waals surface area contributed by atoms with Gasteiger partial charge >= 0.3 is 0 Å². The molecular formula is C18H26N4OS2. The van der Waals surface area contributed by atoms with Crippen molar-refractivity contribution in [3.63, 3.8) is 0 Å². The largest absolute Gasteiger partial charge is 0.341 e. The van der Waals surface area contributed by atoms with Crippen molar-refractivity contribution < 1.29 is 4.79 Å². The number of hydrogen-bond acceptors (Lipinski definition) is 6. The topological polar surface area (TPSA) is 49.3 Å². The van der Waals surface area contributed by atoms with E-state index in [0.29, 0.717) is 18.4 Å². The zero-order valence-corrected chi connectivity index (χ0v) is 16.8. The molecule has 1 fully saturated rings. The summed E-state index contributed by atoms with van der Waals surface area (Å²) in [7, 11) is 2.13. The molecule has 0 spiro atoms. The molecule has 0 aromatic carbocycles. The highest BCUT2D eigenvalue weighted by molar-refractivity contribution is 7.08. The molecule has 1 aliphatic heterocycles. The molecule has 1 unspecified atom stereocenters. The molecule has 0 bridgehead atoms. The Bertz CT molecular complexity index is 683. The Balaban J connectivity index is 1.55. The van der Waals surface area contributed by atoms with E-state index in [0.717, 1.165) is 48.9 Å². The summed E-state index contributed by atoms with van der Waals surface area (Å²) in [5.41, 5.74) is 1.13. The summed E-state index contributed by atoms with van der Waals surface area (Å²) in [6.45, 7) is 6.74. The molecule has 0 N–H and O–H groups in total. The Hall–Kier alpha value is -1.31. The lowest BCUT2D eigenvalue weighted by Crippen LogP contribution is -2.48. The van der Waals surface area contributed by atoms with E-state index in [4.69, 9.17) is 0 Å². The van der Waals surface area contributed by atoms with E-state index in [2.05, 4.69) is 40.5 Å². The maximum absolute atomic E-state index is 12.6. The lowest BCUT2D eigenvalue weighted by atomic mass is 10.0. The van der Waals surface area contributed by atoms with Crippen LogP contribution in [0.2, 0.25) is 0 Å². The third-order valence-corrected chi connectivity index (χ3v) is 6.13. The van der Waals surface area contributed by atoms with Crippen LogP contribution in [0.4, 0.5) is 0 Å². The van der Waals surface area contributed by atoms with E-state index in [1.54, 1.807) is 11.3 Å². The van der Waals surface area contributed by atoms with Crippen molar-refractivity contribution >= 4 is 28.8 Å². The van der Waals surface area contributed by atoms with Crippen LogP contribution in [0.3, 0.4) is 0 Å². The minimum Gasteiger partial charge on any atom is -0.341 e. The van der Waals surface area contributed by atoms with Gasteiger partial charge in [0.1, 0.15) is 10.8 Å². The van der Waals surface area contributed by atoms with Gasteiger partial charge in [-0.3, -0.25) is 9.69 Å². The molecule has 3 rings (SSSR count). The summed E-state index contributed by atoms with van der Waals surface area (Å²) < 4.78 is 4.44. The van der Waals surface area contributed by atoms with Crippen molar-refractivity contribution in [2.45, 2.75) is 51.6 Å². The molecule has 1 amide bonds. The van der Waals surface area contributed by atoms with Crippen LogP contribution in [0.5, 0.6) is 0 Å². The summed E-state index contributed by atoms with van der Waals surface area (Å²) in [5.74, 6) is 1.55. The first-order valence-electron chi connectivity index (χ1n) is 8.84. The number of rotatable bonds is 6. The second kappa shape index (κ2) is 8.38. The maximum atomic E-state index is 12.6. The van der Waals surface area contributed by atoms with Gasteiger partial charge in [0.15, 0.2) is 0 Å². The van der Waals surface area contributed by atoms with Crippen molar-refractivity contribution in [2.24, 2.45) is 0 Å². The van der Waals surface area contributed by atoms with E-state index in [1.807, 2.05) is 16.3 Å². The molecule has 1 atom stereocenters. The zero-order valence-electron chi connectivity index (χ0n) is 15.1. The lowest BCUT2D eigenvalue weighted by molar-refractivity contribution is -0.132. The molecule has 7 heteroatoms. The van der Waals surface area contributed by atoms with Crippen LogP contribution >= 0.6 is 22.9 Å². The van der Waals surface area contributed by atoms with Gasteiger partial charge in [-0.05, 0) is 53.8 Å². The summed E-state index contributed by atoms with van der Waals surface area (Å²) in [6.07, 6.45) is 2.72. The van der Waals surface area contributed by atoms with Gasteiger partial charge in [-0.2, -0.15) is 15.7 Å². The first-order chi connectivity index (χ1) is 12.0. The highest BCUT2D eigenvalue weighted by atomic mass is 32.1. The number of aromatic nitrogens is 2. The minimum atomic E-state index is 0.245. The van der Waals surface area contributed by atoms with Gasteiger partial charge in [0.2, 0.25) is 5.91 Å². The van der Waals surface area contributed by atoms with Crippen molar-refractivity contribution in [1.82, 2.24) is 19.2 Å². The number of nitrogens with zero attached hydrogens (tertiary/aromatic N) is 4. The molecule has 0 aliphatic carbocycles. The quantitative estimate of drug-likeness (QED) is 0.773. The molecule has 0 radical (unpaired) electrons. The molecule has 2 aromatic heterocycles. The van der Waals surface area contributed by atoms with Gasteiger partial charge < -0.3 is 4.90 Å². The fraction of sp³-hybridized carbons (Fsp3) is 0.611. The SMILES string of the molecule is CC(C)c1nsc(CN(C)C2CCCN(C(=O)Cc3ccsc3)C2)n1. The van der Waals surface area contributed by atoms with Crippen molar-refractivity contribution in [3.8, 4) is 0 Å². The zero-order chi connectivity index (χ0) is 17.8. The Morgan fingerprint density at radius 1 is 1.48 bits per heavy atom. The van der Waals surface area contributed by atoms with Crippen LogP contribution in [-0.2, 0) is 17.8 Å². The monoisotopic (exact) mass is 378 g/mol. The second-order valence-corrected chi connectivity index (χ2v) is 8.68. The second-order valence-electron chi connectivity index (χ2n) is 7.06. The Morgan fingerprint density at radius 3 is 3.00 bits per heavy atom. The number of thiophene rings is 1. The average molecular weight is 379 g/mol. The smallest absolute Gasteiger partial charge is 0.227 e. The summed E-state index contributed by atoms with van der Waals surface area (Å²) in [4.78, 5) is 21.6. The molecular weight excluding hydrogens is 352 g/mol. The summed E-state index contributed by atoms with van der Waals surface area (Å²) >= 11 is 3.15. The maximum Gasteiger partial charge on any atom is 0.227 e. The number of likely N-dealkylation sites (N-methyl/N-ethyl adjacent to an activating group) is 1. The van der Waals surface area contributed by atoms with Crippen LogP contribution in [0, 0.1) is 0 Å². The van der Waals surface area contributed by atoms with Crippen LogP contribution in [0.15, 0.2) is 16.8 Å². The van der Waals surface area contributed by atoms with Gasteiger partial charge in [-0.1, -0.05) is 13.8 Å². The van der Waals surface area contributed by atoms with E-state index < -0.39 is 0 Å². The van der Waals surface area contributed by atoms with Crippen LogP contribution in [0.1, 0.15) is 49.0 Å². The standard InChI is InChI=1S/C18H26N4OS2/c1-13(2)18-19-16(25-20-18)11-21(3)15-5-4-7-22(10-15)17(23)9-14-6-8-24-12-14/h6,8,12-13,15H,4-5,7,9-11H2,1-3H3. The predicted octanol–water partition coefficient (Wildman–Crippen LogP) is 3.39. The number of likely N-dealkylation sites (tertiary alicyclic amines) is 1. The fourth-order valence-electron chi connectivity index (χ4n) is 3.13. The summed E-state index contributed by atoms with van der Waals surface area (Å²) in [5, 5.41) is 5.16. The molecule has 5 nitrogen and oxygen atoms in total. The number of amides is 1.